The Morgan fingerprint density at radius 2 is 1.97 bits per heavy atom. The minimum Gasteiger partial charge on any atom is -0.378 e. The number of halogens is 3. The molecule has 1 N–H and O–H groups in total. The summed E-state index contributed by atoms with van der Waals surface area (Å²) in [5.41, 5.74) is 2.71. The Hall–Kier alpha value is -2.94. The van der Waals surface area contributed by atoms with Gasteiger partial charge in [-0.2, -0.15) is 0 Å². The van der Waals surface area contributed by atoms with Crippen molar-refractivity contribution in [3.63, 3.8) is 0 Å². The van der Waals surface area contributed by atoms with E-state index in [1.807, 2.05) is 12.1 Å². The lowest BCUT2D eigenvalue weighted by Crippen LogP contribution is -2.16. The molecule has 5 rings (SSSR count). The topological polar surface area (TPSA) is 67.2 Å². The number of anilines is 1. The van der Waals surface area contributed by atoms with E-state index < -0.39 is 33.6 Å². The molecule has 0 radical (unpaired) electrons. The Bertz CT molecular complexity index is 1390. The van der Waals surface area contributed by atoms with Crippen LogP contribution in [0.4, 0.5) is 18.9 Å². The zero-order valence-electron chi connectivity index (χ0n) is 18.7. The van der Waals surface area contributed by atoms with Crippen LogP contribution in [-0.2, 0) is 9.73 Å². The lowest BCUT2D eigenvalue weighted by molar-refractivity contribution is 0.146. The van der Waals surface area contributed by atoms with Gasteiger partial charge in [0.25, 0.3) is 6.43 Å². The summed E-state index contributed by atoms with van der Waals surface area (Å²) in [6, 6.07) is 7.45. The summed E-state index contributed by atoms with van der Waals surface area (Å²) in [5.74, 6) is 0.0723. The predicted molar refractivity (Wildman–Crippen MR) is 129 cm³/mol. The van der Waals surface area contributed by atoms with Crippen LogP contribution in [0.3, 0.4) is 0 Å². The number of rotatable bonds is 6. The minimum atomic E-state index is -2.88. The molecule has 3 aromatic rings. The van der Waals surface area contributed by atoms with Crippen LogP contribution >= 0.6 is 0 Å². The molecule has 1 aromatic carbocycles. The summed E-state index contributed by atoms with van der Waals surface area (Å²) >= 11 is 0. The van der Waals surface area contributed by atoms with Crippen molar-refractivity contribution in [2.45, 2.75) is 44.7 Å². The Morgan fingerprint density at radius 3 is 2.68 bits per heavy atom. The maximum Gasteiger partial charge on any atom is 0.266 e. The Balaban J connectivity index is 1.44. The van der Waals surface area contributed by atoms with Crippen LogP contribution in [0.1, 0.15) is 55.5 Å². The second kappa shape index (κ2) is 9.02. The zero-order chi connectivity index (χ0) is 23.9. The average molecular weight is 487 g/mol. The van der Waals surface area contributed by atoms with Crippen LogP contribution in [0, 0.1) is 5.82 Å². The quantitative estimate of drug-likeness (QED) is 0.444. The predicted octanol–water partition coefficient (Wildman–Crippen LogP) is 6.30. The van der Waals surface area contributed by atoms with Crippen molar-refractivity contribution in [1.29, 1.82) is 0 Å². The van der Waals surface area contributed by atoms with Crippen molar-refractivity contribution < 1.29 is 17.4 Å². The van der Waals surface area contributed by atoms with Crippen LogP contribution in [0.2, 0.25) is 0 Å². The lowest BCUT2D eigenvalue weighted by atomic mass is 10.0. The number of fused-ring (bicyclic) bond motifs is 1. The highest BCUT2D eigenvalue weighted by atomic mass is 32.2. The van der Waals surface area contributed by atoms with E-state index in [4.69, 9.17) is 0 Å². The first-order valence-corrected chi connectivity index (χ1v) is 13.2. The molecule has 178 valence electrons. The fraction of sp³-hybridized carbons (Fsp3) is 0.360. The van der Waals surface area contributed by atoms with Crippen molar-refractivity contribution in [3.8, 4) is 0 Å². The number of pyridine rings is 2. The Labute approximate surface area is 196 Å². The first kappa shape index (κ1) is 22.8. The van der Waals surface area contributed by atoms with Gasteiger partial charge in [0.1, 0.15) is 5.82 Å². The van der Waals surface area contributed by atoms with Gasteiger partial charge in [0.15, 0.2) is 0 Å². The van der Waals surface area contributed by atoms with Crippen LogP contribution in [0.25, 0.3) is 16.5 Å². The number of alkyl halides is 2. The number of hydrogen-bond donors (Lipinski definition) is 1. The monoisotopic (exact) mass is 486 g/mol. The van der Waals surface area contributed by atoms with E-state index in [0.29, 0.717) is 29.1 Å². The maximum absolute atomic E-state index is 14.7. The number of benzene rings is 1. The lowest BCUT2D eigenvalue weighted by Gasteiger charge is -2.20. The molecule has 1 saturated carbocycles. The largest absolute Gasteiger partial charge is 0.378 e. The second-order valence-corrected chi connectivity index (χ2v) is 11.3. The Morgan fingerprint density at radius 1 is 1.18 bits per heavy atom. The summed E-state index contributed by atoms with van der Waals surface area (Å²) < 4.78 is 58.4. The molecule has 5 nitrogen and oxygen atoms in total. The first-order valence-electron chi connectivity index (χ1n) is 11.3. The minimum absolute atomic E-state index is 0.168. The van der Waals surface area contributed by atoms with Gasteiger partial charge in [-0.3, -0.25) is 9.97 Å². The van der Waals surface area contributed by atoms with Gasteiger partial charge in [0.05, 0.1) is 50.5 Å². The molecule has 3 heterocycles. The standard InChI is InChI=1S/C25H25F3N4OS/c1-15(18-3-2-4-19(24(18)26)25(27)28)31-21-7-10-29-23-14-30-22(13-20(21)23)16-8-11-34(33,12-9-16)32-17-5-6-17/h2-4,7-8,10,13-15,17,25H,5-6,9,11-12H2,1H3,(H,29,31)/t15-,34?/m1/s1. The highest BCUT2D eigenvalue weighted by Crippen LogP contribution is 2.33. The summed E-state index contributed by atoms with van der Waals surface area (Å²) in [6.45, 7) is 1.73. The van der Waals surface area contributed by atoms with E-state index in [9.17, 15) is 17.4 Å². The molecular weight excluding hydrogens is 461 g/mol. The molecule has 2 aromatic heterocycles. The average Bonchev–Trinajstić information content (AvgIpc) is 3.63. The molecule has 2 atom stereocenters. The third-order valence-electron chi connectivity index (χ3n) is 6.26. The smallest absolute Gasteiger partial charge is 0.266 e. The SMILES string of the molecule is C[C@@H](Nc1ccnc2cnc(C3=CCS(=O)(=NC4CC4)CC3)cc12)c1cccc(C(F)F)c1F. The molecule has 0 spiro atoms. The van der Waals surface area contributed by atoms with Crippen molar-refractivity contribution in [2.75, 3.05) is 16.8 Å². The molecule has 1 aliphatic heterocycles. The second-order valence-electron chi connectivity index (χ2n) is 8.82. The molecule has 9 heteroatoms. The fourth-order valence-corrected chi connectivity index (χ4v) is 6.31. The number of hydrogen-bond acceptors (Lipinski definition) is 5. The van der Waals surface area contributed by atoms with Gasteiger partial charge in [0.2, 0.25) is 0 Å². The zero-order valence-corrected chi connectivity index (χ0v) is 19.5. The first-order chi connectivity index (χ1) is 16.3. The van der Waals surface area contributed by atoms with Gasteiger partial charge in [-0.1, -0.05) is 24.3 Å². The van der Waals surface area contributed by atoms with Gasteiger partial charge in [-0.25, -0.2) is 21.7 Å². The van der Waals surface area contributed by atoms with E-state index in [1.165, 1.54) is 12.1 Å². The van der Waals surface area contributed by atoms with E-state index in [0.717, 1.165) is 35.6 Å². The van der Waals surface area contributed by atoms with E-state index in [1.54, 1.807) is 25.4 Å². The maximum atomic E-state index is 14.7. The highest BCUT2D eigenvalue weighted by molar-refractivity contribution is 7.93. The summed E-state index contributed by atoms with van der Waals surface area (Å²) in [7, 11) is -2.17. The van der Waals surface area contributed by atoms with E-state index >= 15 is 0 Å². The van der Waals surface area contributed by atoms with Crippen molar-refractivity contribution in [2.24, 2.45) is 4.36 Å². The molecule has 0 saturated heterocycles. The van der Waals surface area contributed by atoms with Crippen LogP contribution in [0.15, 0.2) is 53.2 Å². The number of aromatic nitrogens is 2. The number of nitrogens with zero attached hydrogens (tertiary/aromatic N) is 3. The van der Waals surface area contributed by atoms with Crippen LogP contribution in [0.5, 0.6) is 0 Å². The highest BCUT2D eigenvalue weighted by Gasteiger charge is 2.26. The van der Waals surface area contributed by atoms with Crippen molar-refractivity contribution >= 4 is 31.9 Å². The summed E-state index contributed by atoms with van der Waals surface area (Å²) in [4.78, 5) is 8.92. The Kier molecular flexibility index (Phi) is 6.06. The van der Waals surface area contributed by atoms with Crippen molar-refractivity contribution in [1.82, 2.24) is 9.97 Å². The molecule has 1 aliphatic carbocycles. The molecule has 34 heavy (non-hydrogen) atoms. The van der Waals surface area contributed by atoms with Gasteiger partial charge >= 0.3 is 0 Å². The summed E-state index contributed by atoms with van der Waals surface area (Å²) in [5, 5.41) is 4.04. The van der Waals surface area contributed by atoms with Gasteiger partial charge in [0, 0.05) is 28.6 Å². The van der Waals surface area contributed by atoms with Crippen LogP contribution < -0.4 is 5.32 Å². The van der Waals surface area contributed by atoms with E-state index in [2.05, 4.69) is 19.6 Å². The van der Waals surface area contributed by atoms with E-state index in [-0.39, 0.29) is 11.6 Å². The molecule has 1 fully saturated rings. The molecule has 2 aliphatic rings. The molecule has 1 unspecified atom stereocenters. The fourth-order valence-electron chi connectivity index (χ4n) is 4.20. The third-order valence-corrected chi connectivity index (χ3v) is 8.47. The molecule has 0 bridgehead atoms. The van der Waals surface area contributed by atoms with Crippen molar-refractivity contribution in [3.05, 3.63) is 71.4 Å². The van der Waals surface area contributed by atoms with Gasteiger partial charge in [-0.15, -0.1) is 0 Å². The van der Waals surface area contributed by atoms with Gasteiger partial charge < -0.3 is 5.32 Å². The number of nitrogens with one attached hydrogen (secondary N) is 1. The molecule has 0 amide bonds. The van der Waals surface area contributed by atoms with Gasteiger partial charge in [-0.05, 0) is 43.9 Å². The normalized spacial score (nSPS) is 21.4. The number of allylic oxidation sites excluding steroid dienone is 1. The third kappa shape index (κ3) is 4.66. The summed E-state index contributed by atoms with van der Waals surface area (Å²) in [6.07, 6.45) is 5.12. The molecular formula is C25H25F3N4OS. The van der Waals surface area contributed by atoms with Crippen LogP contribution in [-0.4, -0.2) is 31.7 Å².